The number of hydrogen-bond acceptors (Lipinski definition) is 5. The summed E-state index contributed by atoms with van der Waals surface area (Å²) in [5.41, 5.74) is 0.519. The van der Waals surface area contributed by atoms with Crippen LogP contribution >= 0.6 is 15.9 Å². The minimum atomic E-state index is -1.13. The van der Waals surface area contributed by atoms with Crippen LogP contribution in [-0.2, 0) is 4.79 Å². The fourth-order valence-corrected chi connectivity index (χ4v) is 2.62. The SMILES string of the molecule is CCOc1cc(/C=C(/C#N)C(=O)Nc2cccc(C(=O)O)c2)c(Br)cc1O. The molecule has 138 valence electrons. The number of nitriles is 1. The third-order valence-corrected chi connectivity index (χ3v) is 4.10. The second-order valence-electron chi connectivity index (χ2n) is 5.28. The van der Waals surface area contributed by atoms with Crippen molar-refractivity contribution in [3.63, 3.8) is 0 Å². The topological polar surface area (TPSA) is 120 Å². The Bertz CT molecular complexity index is 963. The van der Waals surface area contributed by atoms with Gasteiger partial charge in [-0.05, 0) is 48.9 Å². The van der Waals surface area contributed by atoms with Crippen LogP contribution in [0.15, 0.2) is 46.4 Å². The Morgan fingerprint density at radius 1 is 1.33 bits per heavy atom. The van der Waals surface area contributed by atoms with Crippen LogP contribution in [0, 0.1) is 11.3 Å². The molecule has 0 aliphatic carbocycles. The van der Waals surface area contributed by atoms with Gasteiger partial charge in [-0.15, -0.1) is 0 Å². The number of carbonyl (C=O) groups is 2. The molecule has 0 saturated heterocycles. The van der Waals surface area contributed by atoms with Crippen molar-refractivity contribution >= 4 is 39.6 Å². The molecule has 7 nitrogen and oxygen atoms in total. The molecule has 2 aromatic rings. The molecule has 8 heteroatoms. The highest BCUT2D eigenvalue weighted by atomic mass is 79.9. The van der Waals surface area contributed by atoms with Gasteiger partial charge in [-0.3, -0.25) is 4.79 Å². The van der Waals surface area contributed by atoms with E-state index in [-0.39, 0.29) is 28.3 Å². The molecule has 2 aromatic carbocycles. The van der Waals surface area contributed by atoms with E-state index in [0.717, 1.165) is 0 Å². The highest BCUT2D eigenvalue weighted by molar-refractivity contribution is 9.10. The van der Waals surface area contributed by atoms with Crippen molar-refractivity contribution in [1.82, 2.24) is 0 Å². The molecule has 1 amide bonds. The zero-order valence-electron chi connectivity index (χ0n) is 14.2. The fourth-order valence-electron chi connectivity index (χ4n) is 2.17. The van der Waals surface area contributed by atoms with Crippen LogP contribution in [0.5, 0.6) is 11.5 Å². The molecule has 0 fully saturated rings. The van der Waals surface area contributed by atoms with Crippen molar-refractivity contribution in [2.75, 3.05) is 11.9 Å². The second kappa shape index (κ2) is 8.87. The number of nitrogens with zero attached hydrogens (tertiary/aromatic N) is 1. The lowest BCUT2D eigenvalue weighted by molar-refractivity contribution is -0.112. The Balaban J connectivity index is 2.32. The summed E-state index contributed by atoms with van der Waals surface area (Å²) in [6, 6.07) is 10.4. The van der Waals surface area contributed by atoms with Crippen molar-refractivity contribution < 1.29 is 24.5 Å². The Morgan fingerprint density at radius 2 is 2.07 bits per heavy atom. The first-order valence-corrected chi connectivity index (χ1v) is 8.56. The van der Waals surface area contributed by atoms with E-state index in [1.807, 2.05) is 6.07 Å². The van der Waals surface area contributed by atoms with Gasteiger partial charge in [-0.1, -0.05) is 22.0 Å². The number of amides is 1. The number of nitrogens with one attached hydrogen (secondary N) is 1. The molecule has 0 saturated carbocycles. The summed E-state index contributed by atoms with van der Waals surface area (Å²) in [7, 11) is 0. The van der Waals surface area contributed by atoms with Crippen molar-refractivity contribution in [3.05, 3.63) is 57.6 Å². The highest BCUT2D eigenvalue weighted by Gasteiger charge is 2.14. The average molecular weight is 431 g/mol. The van der Waals surface area contributed by atoms with E-state index in [2.05, 4.69) is 21.2 Å². The van der Waals surface area contributed by atoms with Gasteiger partial charge in [-0.2, -0.15) is 5.26 Å². The van der Waals surface area contributed by atoms with Crippen molar-refractivity contribution in [3.8, 4) is 17.6 Å². The van der Waals surface area contributed by atoms with E-state index >= 15 is 0 Å². The third-order valence-electron chi connectivity index (χ3n) is 3.41. The van der Waals surface area contributed by atoms with Gasteiger partial charge in [0.2, 0.25) is 0 Å². The maximum Gasteiger partial charge on any atom is 0.335 e. The molecule has 0 heterocycles. The maximum atomic E-state index is 12.4. The van der Waals surface area contributed by atoms with E-state index in [1.165, 1.54) is 42.5 Å². The van der Waals surface area contributed by atoms with Gasteiger partial charge in [0.25, 0.3) is 5.91 Å². The molecule has 3 N–H and O–H groups in total. The van der Waals surface area contributed by atoms with Gasteiger partial charge >= 0.3 is 5.97 Å². The number of carboxylic acids is 1. The van der Waals surface area contributed by atoms with E-state index in [4.69, 9.17) is 9.84 Å². The Morgan fingerprint density at radius 3 is 2.70 bits per heavy atom. The van der Waals surface area contributed by atoms with Crippen molar-refractivity contribution in [2.24, 2.45) is 0 Å². The summed E-state index contributed by atoms with van der Waals surface area (Å²) in [5.74, 6) is -1.68. The molecule has 0 bridgehead atoms. The number of hydrogen-bond donors (Lipinski definition) is 3. The molecule has 0 aliphatic rings. The molecule has 27 heavy (non-hydrogen) atoms. The summed E-state index contributed by atoms with van der Waals surface area (Å²) >= 11 is 3.26. The van der Waals surface area contributed by atoms with E-state index in [1.54, 1.807) is 6.92 Å². The van der Waals surface area contributed by atoms with Gasteiger partial charge in [0.15, 0.2) is 11.5 Å². The quantitative estimate of drug-likeness (QED) is 0.473. The number of phenolic OH excluding ortho intramolecular Hbond substituents is 1. The number of ether oxygens (including phenoxy) is 1. The van der Waals surface area contributed by atoms with Crippen molar-refractivity contribution in [2.45, 2.75) is 6.92 Å². The number of anilines is 1. The molecule has 0 aromatic heterocycles. The zero-order valence-corrected chi connectivity index (χ0v) is 15.8. The maximum absolute atomic E-state index is 12.4. The van der Waals surface area contributed by atoms with Crippen LogP contribution in [-0.4, -0.2) is 28.7 Å². The number of halogens is 1. The first-order chi connectivity index (χ1) is 12.8. The molecule has 0 aliphatic heterocycles. The van der Waals surface area contributed by atoms with Gasteiger partial charge in [0.1, 0.15) is 11.6 Å². The molecule has 0 unspecified atom stereocenters. The summed E-state index contributed by atoms with van der Waals surface area (Å²) in [4.78, 5) is 23.4. The number of rotatable bonds is 6. The van der Waals surface area contributed by atoms with E-state index in [0.29, 0.717) is 16.6 Å². The lowest BCUT2D eigenvalue weighted by Gasteiger charge is -2.09. The lowest BCUT2D eigenvalue weighted by Crippen LogP contribution is -2.14. The summed E-state index contributed by atoms with van der Waals surface area (Å²) in [6.07, 6.45) is 1.34. The van der Waals surface area contributed by atoms with Gasteiger partial charge in [0.05, 0.1) is 12.2 Å². The highest BCUT2D eigenvalue weighted by Crippen LogP contribution is 2.33. The summed E-state index contributed by atoms with van der Waals surface area (Å²) < 4.78 is 5.77. The summed E-state index contributed by atoms with van der Waals surface area (Å²) in [5, 5.41) is 30.7. The monoisotopic (exact) mass is 430 g/mol. The molecule has 0 spiro atoms. The van der Waals surface area contributed by atoms with Crippen molar-refractivity contribution in [1.29, 1.82) is 5.26 Å². The van der Waals surface area contributed by atoms with Gasteiger partial charge in [0, 0.05) is 10.2 Å². The predicted octanol–water partition coefficient (Wildman–Crippen LogP) is 3.80. The second-order valence-corrected chi connectivity index (χ2v) is 6.14. The van der Waals surface area contributed by atoms with Crippen LogP contribution in [0.25, 0.3) is 6.08 Å². The van der Waals surface area contributed by atoms with E-state index in [9.17, 15) is 20.0 Å². The van der Waals surface area contributed by atoms with Crippen LogP contribution in [0.3, 0.4) is 0 Å². The molecular weight excluding hydrogens is 416 g/mol. The lowest BCUT2D eigenvalue weighted by atomic mass is 10.1. The Hall–Kier alpha value is -3.31. The standard InChI is InChI=1S/C19H15BrN2O5/c1-2-27-17-8-12(15(20)9-16(17)23)6-13(10-21)18(24)22-14-5-3-4-11(7-14)19(25)26/h3-9,23H,2H2,1H3,(H,22,24)(H,25,26)/b13-6-. The minimum absolute atomic E-state index is 0.0120. The first-order valence-electron chi connectivity index (χ1n) is 7.77. The normalized spacial score (nSPS) is 10.8. The smallest absolute Gasteiger partial charge is 0.335 e. The molecular formula is C19H15BrN2O5. The van der Waals surface area contributed by atoms with Gasteiger partial charge < -0.3 is 20.3 Å². The minimum Gasteiger partial charge on any atom is -0.504 e. The van der Waals surface area contributed by atoms with E-state index < -0.39 is 11.9 Å². The van der Waals surface area contributed by atoms with Crippen LogP contribution < -0.4 is 10.1 Å². The van der Waals surface area contributed by atoms with Gasteiger partial charge in [-0.25, -0.2) is 4.79 Å². The third kappa shape index (κ3) is 5.09. The number of aromatic carboxylic acids is 1. The Labute approximate surface area is 163 Å². The molecule has 0 atom stereocenters. The molecule has 0 radical (unpaired) electrons. The Kier molecular flexibility index (Phi) is 6.57. The number of aromatic hydroxyl groups is 1. The molecule has 2 rings (SSSR count). The first kappa shape index (κ1) is 20.0. The number of phenols is 1. The fraction of sp³-hybridized carbons (Fsp3) is 0.105. The van der Waals surface area contributed by atoms with Crippen LogP contribution in [0.1, 0.15) is 22.8 Å². The number of carbonyl (C=O) groups excluding carboxylic acids is 1. The average Bonchev–Trinajstić information content (AvgIpc) is 2.63. The number of benzene rings is 2. The zero-order chi connectivity index (χ0) is 20.0. The largest absolute Gasteiger partial charge is 0.504 e. The number of carboxylic acid groups (broad SMARTS) is 1. The summed E-state index contributed by atoms with van der Waals surface area (Å²) in [6.45, 7) is 2.10. The van der Waals surface area contributed by atoms with Crippen LogP contribution in [0.4, 0.5) is 5.69 Å². The van der Waals surface area contributed by atoms with Crippen LogP contribution in [0.2, 0.25) is 0 Å². The predicted molar refractivity (Wildman–Crippen MR) is 103 cm³/mol.